The summed E-state index contributed by atoms with van der Waals surface area (Å²) in [4.78, 5) is 28.2. The lowest BCUT2D eigenvalue weighted by Gasteiger charge is -2.19. The molecule has 0 fully saturated rings. The molecule has 0 radical (unpaired) electrons. The third-order valence-electron chi connectivity index (χ3n) is 4.35. The quantitative estimate of drug-likeness (QED) is 0.652. The minimum atomic E-state index is -4.69. The third-order valence-corrected chi connectivity index (χ3v) is 4.35. The van der Waals surface area contributed by atoms with Crippen LogP contribution in [0.2, 0.25) is 0 Å². The summed E-state index contributed by atoms with van der Waals surface area (Å²) in [6.07, 6.45) is 0.568. The number of furan rings is 1. The molecule has 10 heteroatoms. The van der Waals surface area contributed by atoms with Gasteiger partial charge in [-0.1, -0.05) is 13.8 Å². The molecule has 0 spiro atoms. The Balaban J connectivity index is 2.05. The molecule has 0 saturated carbocycles. The van der Waals surface area contributed by atoms with Gasteiger partial charge in [0.25, 0.3) is 5.91 Å². The average Bonchev–Trinajstić information content (AvgIpc) is 3.32. The topological polar surface area (TPSA) is 85.8 Å². The van der Waals surface area contributed by atoms with Gasteiger partial charge in [-0.3, -0.25) is 4.79 Å². The van der Waals surface area contributed by atoms with Crippen molar-refractivity contribution in [2.75, 3.05) is 7.11 Å². The fraction of sp³-hybridized carbons (Fsp3) is 0.316. The first-order chi connectivity index (χ1) is 13.6. The van der Waals surface area contributed by atoms with Crippen molar-refractivity contribution < 1.29 is 31.9 Å². The van der Waals surface area contributed by atoms with E-state index >= 15 is 0 Å². The molecular weight excluding hydrogens is 391 g/mol. The van der Waals surface area contributed by atoms with Crippen molar-refractivity contribution >= 4 is 17.5 Å². The van der Waals surface area contributed by atoms with Crippen LogP contribution in [0.1, 0.15) is 29.9 Å². The molecule has 1 amide bonds. The highest BCUT2D eigenvalue weighted by Gasteiger charge is 2.35. The van der Waals surface area contributed by atoms with Gasteiger partial charge in [-0.05, 0) is 18.1 Å². The Labute approximate surface area is 163 Å². The van der Waals surface area contributed by atoms with Crippen LogP contribution in [0.25, 0.3) is 16.8 Å². The Kier molecular flexibility index (Phi) is 5.36. The first kappa shape index (κ1) is 20.4. The monoisotopic (exact) mass is 409 g/mol. The number of amides is 1. The van der Waals surface area contributed by atoms with Crippen molar-refractivity contribution in [3.05, 3.63) is 48.3 Å². The lowest BCUT2D eigenvalue weighted by Crippen LogP contribution is -2.45. The van der Waals surface area contributed by atoms with E-state index in [4.69, 9.17) is 4.42 Å². The van der Waals surface area contributed by atoms with E-state index in [2.05, 4.69) is 15.0 Å². The fourth-order valence-corrected chi connectivity index (χ4v) is 2.84. The van der Waals surface area contributed by atoms with Crippen molar-refractivity contribution in [2.24, 2.45) is 5.92 Å². The van der Waals surface area contributed by atoms with Crippen LogP contribution in [0.4, 0.5) is 13.2 Å². The summed E-state index contributed by atoms with van der Waals surface area (Å²) in [6, 6.07) is 1.51. The molecule has 3 heterocycles. The smallest absolute Gasteiger partial charge is 0.420 e. The van der Waals surface area contributed by atoms with Crippen molar-refractivity contribution in [3.8, 4) is 11.1 Å². The SMILES string of the molecule is COC(=O)C(NC(=O)c1cn2cc(-c3ccoc3)cc(C(F)(F)F)c2n1)C(C)C. The first-order valence-corrected chi connectivity index (χ1v) is 8.63. The van der Waals surface area contributed by atoms with Gasteiger partial charge in [0, 0.05) is 23.5 Å². The van der Waals surface area contributed by atoms with Crippen molar-refractivity contribution in [2.45, 2.75) is 26.1 Å². The van der Waals surface area contributed by atoms with Crippen LogP contribution in [0.3, 0.4) is 0 Å². The summed E-state index contributed by atoms with van der Waals surface area (Å²) in [5.41, 5.74) is -0.979. The zero-order valence-corrected chi connectivity index (χ0v) is 15.8. The summed E-state index contributed by atoms with van der Waals surface area (Å²) in [7, 11) is 1.18. The van der Waals surface area contributed by atoms with Gasteiger partial charge >= 0.3 is 12.1 Å². The number of hydrogen-bond acceptors (Lipinski definition) is 5. The van der Waals surface area contributed by atoms with E-state index in [-0.39, 0.29) is 17.2 Å². The molecule has 1 unspecified atom stereocenters. The highest BCUT2D eigenvalue weighted by molar-refractivity contribution is 5.96. The number of carbonyl (C=O) groups excluding carboxylic acids is 2. The Morgan fingerprint density at radius 3 is 2.52 bits per heavy atom. The van der Waals surface area contributed by atoms with Crippen LogP contribution >= 0.6 is 0 Å². The molecule has 1 N–H and O–H groups in total. The fourth-order valence-electron chi connectivity index (χ4n) is 2.84. The Hall–Kier alpha value is -3.30. The predicted molar refractivity (Wildman–Crippen MR) is 96.0 cm³/mol. The molecule has 3 aromatic heterocycles. The van der Waals surface area contributed by atoms with Gasteiger partial charge in [-0.25, -0.2) is 9.78 Å². The summed E-state index contributed by atoms with van der Waals surface area (Å²) < 4.78 is 51.5. The van der Waals surface area contributed by atoms with E-state index in [0.29, 0.717) is 5.56 Å². The van der Waals surface area contributed by atoms with E-state index in [9.17, 15) is 22.8 Å². The van der Waals surface area contributed by atoms with Crippen molar-refractivity contribution in [3.63, 3.8) is 0 Å². The van der Waals surface area contributed by atoms with Crippen molar-refractivity contribution in [1.29, 1.82) is 0 Å². The summed E-state index contributed by atoms with van der Waals surface area (Å²) in [5, 5.41) is 2.46. The lowest BCUT2D eigenvalue weighted by atomic mass is 10.0. The number of nitrogens with zero attached hydrogens (tertiary/aromatic N) is 2. The molecule has 3 rings (SSSR count). The Morgan fingerprint density at radius 2 is 1.97 bits per heavy atom. The van der Waals surface area contributed by atoms with Gasteiger partial charge in [0.05, 0.1) is 25.2 Å². The standard InChI is InChI=1S/C19H18F3N3O4/c1-10(2)15(18(27)28-3)24-17(26)14-8-25-7-12(11-4-5-29-9-11)6-13(16(25)23-14)19(20,21)22/h4-10,15H,1-3H3,(H,24,26). The molecular formula is C19H18F3N3O4. The van der Waals surface area contributed by atoms with Gasteiger partial charge in [0.15, 0.2) is 0 Å². The zero-order chi connectivity index (χ0) is 21.3. The maximum atomic E-state index is 13.6. The number of nitrogens with one attached hydrogen (secondary N) is 1. The molecule has 3 aromatic rings. The number of rotatable bonds is 5. The predicted octanol–water partition coefficient (Wildman–Crippen LogP) is 3.54. The largest absolute Gasteiger partial charge is 0.472 e. The number of ether oxygens (including phenoxy) is 1. The normalized spacial score (nSPS) is 12.9. The van der Waals surface area contributed by atoms with Gasteiger partial charge in [0.2, 0.25) is 0 Å². The number of fused-ring (bicyclic) bond motifs is 1. The van der Waals surface area contributed by atoms with Gasteiger partial charge in [-0.15, -0.1) is 0 Å². The minimum Gasteiger partial charge on any atom is -0.472 e. The summed E-state index contributed by atoms with van der Waals surface area (Å²) in [6.45, 7) is 3.40. The number of hydrogen-bond donors (Lipinski definition) is 1. The highest BCUT2D eigenvalue weighted by Crippen LogP contribution is 2.35. The first-order valence-electron chi connectivity index (χ1n) is 8.63. The zero-order valence-electron chi connectivity index (χ0n) is 15.8. The number of halogens is 3. The maximum absolute atomic E-state index is 13.6. The summed E-state index contributed by atoms with van der Waals surface area (Å²) in [5.74, 6) is -1.73. The van der Waals surface area contributed by atoms with E-state index in [0.717, 1.165) is 10.5 Å². The molecule has 0 bridgehead atoms. The second-order valence-electron chi connectivity index (χ2n) is 6.73. The van der Waals surface area contributed by atoms with Crippen LogP contribution in [0.15, 0.2) is 41.5 Å². The number of alkyl halides is 3. The van der Waals surface area contributed by atoms with E-state index in [1.54, 1.807) is 13.8 Å². The second kappa shape index (κ2) is 7.61. The molecule has 0 aliphatic rings. The Morgan fingerprint density at radius 1 is 1.24 bits per heavy atom. The molecule has 0 aliphatic heterocycles. The van der Waals surface area contributed by atoms with Crippen LogP contribution in [0.5, 0.6) is 0 Å². The Bertz CT molecular complexity index is 1040. The second-order valence-corrected chi connectivity index (χ2v) is 6.73. The number of esters is 1. The maximum Gasteiger partial charge on any atom is 0.420 e. The van der Waals surface area contributed by atoms with Crippen LogP contribution in [0, 0.1) is 5.92 Å². The molecule has 0 aliphatic carbocycles. The number of imidazole rings is 1. The van der Waals surface area contributed by atoms with E-state index in [1.807, 2.05) is 0 Å². The van der Waals surface area contributed by atoms with Gasteiger partial charge in [-0.2, -0.15) is 13.2 Å². The molecule has 0 saturated heterocycles. The molecule has 154 valence electrons. The average molecular weight is 409 g/mol. The number of carbonyl (C=O) groups is 2. The number of methoxy groups -OCH3 is 1. The van der Waals surface area contributed by atoms with Crippen LogP contribution in [-0.2, 0) is 15.7 Å². The van der Waals surface area contributed by atoms with E-state index < -0.39 is 35.3 Å². The molecule has 1 atom stereocenters. The minimum absolute atomic E-state index is 0.248. The highest BCUT2D eigenvalue weighted by atomic mass is 19.4. The molecule has 0 aromatic carbocycles. The van der Waals surface area contributed by atoms with Gasteiger partial charge < -0.3 is 18.9 Å². The van der Waals surface area contributed by atoms with Crippen LogP contribution in [-0.4, -0.2) is 34.4 Å². The van der Waals surface area contributed by atoms with Gasteiger partial charge in [0.1, 0.15) is 17.4 Å². The van der Waals surface area contributed by atoms with Crippen molar-refractivity contribution in [1.82, 2.24) is 14.7 Å². The molecule has 7 nitrogen and oxygen atoms in total. The van der Waals surface area contributed by atoms with E-state index in [1.165, 1.54) is 38.1 Å². The molecule has 29 heavy (non-hydrogen) atoms. The summed E-state index contributed by atoms with van der Waals surface area (Å²) >= 11 is 0. The number of pyridine rings is 1. The lowest BCUT2D eigenvalue weighted by molar-refractivity contribution is -0.144. The third kappa shape index (κ3) is 4.10. The van der Waals surface area contributed by atoms with Crippen LogP contribution < -0.4 is 5.32 Å². The number of aromatic nitrogens is 2.